The first-order valence-electron chi connectivity index (χ1n) is 7.12. The van der Waals surface area contributed by atoms with E-state index in [1.165, 1.54) is 0 Å². The molecule has 0 fully saturated rings. The van der Waals surface area contributed by atoms with E-state index in [0.29, 0.717) is 16.3 Å². The third kappa shape index (κ3) is 5.09. The molecular weight excluding hydrogens is 316 g/mol. The molecule has 3 N–H and O–H groups in total. The number of aliphatic hydroxyl groups is 1. The molecule has 0 unspecified atom stereocenters. The summed E-state index contributed by atoms with van der Waals surface area (Å²) in [6.07, 6.45) is 0.138. The number of carbonyl (C=O) groups excluding carboxylic acids is 2. The fraction of sp³-hybridized carbons (Fsp3) is 0.176. The van der Waals surface area contributed by atoms with Gasteiger partial charge in [-0.15, -0.1) is 0 Å². The van der Waals surface area contributed by atoms with E-state index in [-0.39, 0.29) is 31.4 Å². The highest BCUT2D eigenvalue weighted by molar-refractivity contribution is 6.33. The highest BCUT2D eigenvalue weighted by Gasteiger charge is 2.10. The Balaban J connectivity index is 1.80. The fourth-order valence-corrected chi connectivity index (χ4v) is 2.22. The third-order valence-electron chi connectivity index (χ3n) is 3.15. The van der Waals surface area contributed by atoms with Crippen molar-refractivity contribution in [2.45, 2.75) is 13.0 Å². The highest BCUT2D eigenvalue weighted by atomic mass is 35.5. The maximum atomic E-state index is 11.9. The molecule has 0 aliphatic heterocycles. The predicted octanol–water partition coefficient (Wildman–Crippen LogP) is 2.59. The summed E-state index contributed by atoms with van der Waals surface area (Å²) >= 11 is 5.94. The van der Waals surface area contributed by atoms with Gasteiger partial charge in [0.25, 0.3) is 5.91 Å². The van der Waals surface area contributed by atoms with E-state index in [9.17, 15) is 9.59 Å². The van der Waals surface area contributed by atoms with E-state index in [0.717, 1.165) is 5.56 Å². The van der Waals surface area contributed by atoms with E-state index in [1.807, 2.05) is 0 Å². The van der Waals surface area contributed by atoms with Crippen LogP contribution in [-0.2, 0) is 11.4 Å². The molecule has 0 aliphatic rings. The predicted molar refractivity (Wildman–Crippen MR) is 89.4 cm³/mol. The van der Waals surface area contributed by atoms with Gasteiger partial charge in [0.1, 0.15) is 0 Å². The van der Waals surface area contributed by atoms with E-state index >= 15 is 0 Å². The van der Waals surface area contributed by atoms with Gasteiger partial charge in [0.05, 0.1) is 17.2 Å². The second-order valence-corrected chi connectivity index (χ2v) is 5.30. The molecule has 0 heterocycles. The number of amides is 2. The van der Waals surface area contributed by atoms with E-state index in [4.69, 9.17) is 16.7 Å². The van der Waals surface area contributed by atoms with E-state index < -0.39 is 0 Å². The van der Waals surface area contributed by atoms with Gasteiger partial charge in [-0.05, 0) is 29.8 Å². The van der Waals surface area contributed by atoms with Gasteiger partial charge >= 0.3 is 0 Å². The molecule has 23 heavy (non-hydrogen) atoms. The number of anilines is 1. The summed E-state index contributed by atoms with van der Waals surface area (Å²) < 4.78 is 0. The molecule has 0 spiro atoms. The molecule has 0 saturated carbocycles. The van der Waals surface area contributed by atoms with Crippen LogP contribution in [0.25, 0.3) is 0 Å². The summed E-state index contributed by atoms with van der Waals surface area (Å²) in [7, 11) is 0. The number of nitrogens with one attached hydrogen (secondary N) is 2. The number of rotatable bonds is 6. The first-order valence-corrected chi connectivity index (χ1v) is 7.50. The number of hydrogen-bond donors (Lipinski definition) is 3. The number of carbonyl (C=O) groups is 2. The Kier molecular flexibility index (Phi) is 6.14. The van der Waals surface area contributed by atoms with Gasteiger partial charge in [-0.1, -0.05) is 35.9 Å². The second kappa shape index (κ2) is 8.31. The van der Waals surface area contributed by atoms with Crippen LogP contribution in [0.4, 0.5) is 5.69 Å². The van der Waals surface area contributed by atoms with Crippen molar-refractivity contribution >= 4 is 29.1 Å². The summed E-state index contributed by atoms with van der Waals surface area (Å²) in [6.45, 7) is 0.118. The van der Waals surface area contributed by atoms with Gasteiger partial charge in [-0.3, -0.25) is 9.59 Å². The first-order chi connectivity index (χ1) is 11.1. The van der Waals surface area contributed by atoms with Crippen LogP contribution in [0, 0.1) is 0 Å². The van der Waals surface area contributed by atoms with E-state index in [2.05, 4.69) is 10.6 Å². The van der Waals surface area contributed by atoms with Gasteiger partial charge in [0.15, 0.2) is 0 Å². The molecule has 0 atom stereocenters. The summed E-state index contributed by atoms with van der Waals surface area (Å²) in [5.74, 6) is -0.537. The first kappa shape index (κ1) is 17.0. The smallest absolute Gasteiger partial charge is 0.252 e. The average molecular weight is 333 g/mol. The molecule has 6 heteroatoms. The number of hydrogen-bond acceptors (Lipinski definition) is 3. The van der Waals surface area contributed by atoms with Gasteiger partial charge in [0, 0.05) is 18.7 Å². The zero-order valence-corrected chi connectivity index (χ0v) is 13.1. The lowest BCUT2D eigenvalue weighted by molar-refractivity contribution is -0.116. The quantitative estimate of drug-likeness (QED) is 0.760. The van der Waals surface area contributed by atoms with Crippen LogP contribution < -0.4 is 10.6 Å². The lowest BCUT2D eigenvalue weighted by Crippen LogP contribution is -2.27. The number of benzene rings is 2. The second-order valence-electron chi connectivity index (χ2n) is 4.89. The minimum atomic E-state index is -0.314. The Bertz CT molecular complexity index is 704. The Hall–Kier alpha value is -2.37. The summed E-state index contributed by atoms with van der Waals surface area (Å²) in [4.78, 5) is 23.8. The molecule has 2 aromatic carbocycles. The highest BCUT2D eigenvalue weighted by Crippen LogP contribution is 2.14. The maximum Gasteiger partial charge on any atom is 0.252 e. The van der Waals surface area contributed by atoms with Crippen molar-refractivity contribution in [1.82, 2.24) is 5.32 Å². The zero-order chi connectivity index (χ0) is 16.7. The normalized spacial score (nSPS) is 10.2. The molecule has 0 bridgehead atoms. The van der Waals surface area contributed by atoms with Gasteiger partial charge in [-0.25, -0.2) is 0 Å². The van der Waals surface area contributed by atoms with Crippen LogP contribution in [0.2, 0.25) is 5.02 Å². The molecule has 2 amide bonds. The largest absolute Gasteiger partial charge is 0.392 e. The molecule has 5 nitrogen and oxygen atoms in total. The topological polar surface area (TPSA) is 78.4 Å². The molecule has 0 aromatic heterocycles. The van der Waals surface area contributed by atoms with Crippen LogP contribution in [0.3, 0.4) is 0 Å². The summed E-state index contributed by atoms with van der Waals surface area (Å²) in [6, 6.07) is 13.7. The molecular formula is C17H17ClN2O3. The third-order valence-corrected chi connectivity index (χ3v) is 3.48. The van der Waals surface area contributed by atoms with Crippen molar-refractivity contribution in [3.8, 4) is 0 Å². The van der Waals surface area contributed by atoms with Crippen LogP contribution in [0.1, 0.15) is 22.3 Å². The van der Waals surface area contributed by atoms with Crippen molar-refractivity contribution < 1.29 is 14.7 Å². The standard InChI is InChI=1S/C17H17ClN2O3/c18-15-7-2-1-6-14(15)17(23)19-9-8-16(22)20-13-5-3-4-12(10-13)11-21/h1-7,10,21H,8-9,11H2,(H,19,23)(H,20,22). The number of halogens is 1. The SMILES string of the molecule is O=C(CCNC(=O)c1ccccc1Cl)Nc1cccc(CO)c1. The molecule has 0 saturated heterocycles. The molecule has 0 radical (unpaired) electrons. The monoisotopic (exact) mass is 332 g/mol. The fourth-order valence-electron chi connectivity index (χ4n) is 2.00. The minimum Gasteiger partial charge on any atom is -0.392 e. The van der Waals surface area contributed by atoms with Crippen LogP contribution in [-0.4, -0.2) is 23.5 Å². The minimum absolute atomic E-state index is 0.0857. The van der Waals surface area contributed by atoms with Crippen molar-refractivity contribution in [3.63, 3.8) is 0 Å². The Morgan fingerprint density at radius 1 is 1.09 bits per heavy atom. The van der Waals surface area contributed by atoms with Crippen LogP contribution in [0.15, 0.2) is 48.5 Å². The Morgan fingerprint density at radius 2 is 1.87 bits per heavy atom. The molecule has 2 rings (SSSR count). The Morgan fingerprint density at radius 3 is 2.61 bits per heavy atom. The number of aliphatic hydroxyl groups excluding tert-OH is 1. The molecule has 2 aromatic rings. The summed E-state index contributed by atoms with van der Waals surface area (Å²) in [5.41, 5.74) is 1.71. The summed E-state index contributed by atoms with van der Waals surface area (Å²) in [5, 5.41) is 14.8. The van der Waals surface area contributed by atoms with Crippen molar-refractivity contribution in [1.29, 1.82) is 0 Å². The van der Waals surface area contributed by atoms with Crippen molar-refractivity contribution in [3.05, 3.63) is 64.7 Å². The maximum absolute atomic E-state index is 11.9. The molecule has 120 valence electrons. The average Bonchev–Trinajstić information content (AvgIpc) is 2.55. The zero-order valence-electron chi connectivity index (χ0n) is 12.4. The van der Waals surface area contributed by atoms with Crippen LogP contribution >= 0.6 is 11.6 Å². The van der Waals surface area contributed by atoms with Gasteiger partial charge in [-0.2, -0.15) is 0 Å². The van der Waals surface area contributed by atoms with E-state index in [1.54, 1.807) is 48.5 Å². The van der Waals surface area contributed by atoms with Gasteiger partial charge < -0.3 is 15.7 Å². The van der Waals surface area contributed by atoms with Crippen molar-refractivity contribution in [2.75, 3.05) is 11.9 Å². The van der Waals surface area contributed by atoms with Gasteiger partial charge in [0.2, 0.25) is 5.91 Å². The Labute approximate surface area is 139 Å². The molecule has 0 aliphatic carbocycles. The van der Waals surface area contributed by atoms with Crippen LogP contribution in [0.5, 0.6) is 0 Å². The van der Waals surface area contributed by atoms with Crippen molar-refractivity contribution in [2.24, 2.45) is 0 Å². The lowest BCUT2D eigenvalue weighted by Gasteiger charge is -2.08. The lowest BCUT2D eigenvalue weighted by atomic mass is 10.2.